The zero-order valence-electron chi connectivity index (χ0n) is 18.5. The molecule has 0 saturated carbocycles. The van der Waals surface area contributed by atoms with E-state index < -0.39 is 0 Å². The third kappa shape index (κ3) is 4.95. The fourth-order valence-corrected chi connectivity index (χ4v) is 5.84. The van der Waals surface area contributed by atoms with Crippen LogP contribution < -0.4 is 0 Å². The van der Waals surface area contributed by atoms with Crippen molar-refractivity contribution in [3.63, 3.8) is 0 Å². The molecule has 4 rings (SSSR count). The van der Waals surface area contributed by atoms with Gasteiger partial charge in [-0.1, -0.05) is 30.3 Å². The van der Waals surface area contributed by atoms with Gasteiger partial charge in [0.15, 0.2) is 0 Å². The van der Waals surface area contributed by atoms with Gasteiger partial charge in [-0.05, 0) is 52.9 Å². The Bertz CT molecular complexity index is 1060. The number of hydrogen-bond donors (Lipinski definition) is 0. The summed E-state index contributed by atoms with van der Waals surface area (Å²) in [6.45, 7) is 3.62. The normalized spacial score (nSPS) is 15.4. The maximum Gasteiger partial charge on any atom is 0.242 e. The van der Waals surface area contributed by atoms with E-state index in [4.69, 9.17) is 4.74 Å². The predicted molar refractivity (Wildman–Crippen MR) is 129 cm³/mol. The second-order valence-corrected chi connectivity index (χ2v) is 9.99. The molecule has 168 valence electrons. The zero-order chi connectivity index (χ0) is 22.5. The van der Waals surface area contributed by atoms with Crippen LogP contribution in [-0.4, -0.2) is 55.0 Å². The number of hydrogen-bond acceptors (Lipinski definition) is 5. The number of carbonyl (C=O) groups is 2. The van der Waals surface area contributed by atoms with Crippen molar-refractivity contribution in [1.29, 1.82) is 0 Å². The molecule has 2 amide bonds. The molecule has 3 aromatic rings. The van der Waals surface area contributed by atoms with Crippen LogP contribution in [0, 0.1) is 6.92 Å². The van der Waals surface area contributed by atoms with Gasteiger partial charge in [-0.2, -0.15) is 0 Å². The van der Waals surface area contributed by atoms with Crippen molar-refractivity contribution in [2.75, 3.05) is 33.4 Å². The van der Waals surface area contributed by atoms with Gasteiger partial charge in [-0.25, -0.2) is 0 Å². The van der Waals surface area contributed by atoms with E-state index in [0.29, 0.717) is 26.1 Å². The number of amides is 2. The number of carbonyl (C=O) groups excluding carboxylic acids is 2. The maximum absolute atomic E-state index is 13.6. The molecule has 0 fully saturated rings. The molecule has 1 aliphatic rings. The average molecular weight is 469 g/mol. The third-order valence-electron chi connectivity index (χ3n) is 5.92. The van der Waals surface area contributed by atoms with E-state index >= 15 is 0 Å². The highest BCUT2D eigenvalue weighted by molar-refractivity contribution is 7.10. The SMILES string of the molecule is COCCN(CC(=O)N1CCc2sccc2C1c1ccccc1C)C(=O)Cc1cccs1. The highest BCUT2D eigenvalue weighted by Crippen LogP contribution is 2.39. The number of ether oxygens (including phenoxy) is 1. The number of methoxy groups -OCH3 is 1. The summed E-state index contributed by atoms with van der Waals surface area (Å²) in [5.41, 5.74) is 3.52. The van der Waals surface area contributed by atoms with Crippen molar-refractivity contribution in [2.45, 2.75) is 25.8 Å². The van der Waals surface area contributed by atoms with E-state index in [2.05, 4.69) is 30.5 Å². The van der Waals surface area contributed by atoms with Gasteiger partial charge in [0.2, 0.25) is 11.8 Å². The number of aryl methyl sites for hydroxylation is 1. The van der Waals surface area contributed by atoms with Gasteiger partial charge in [0, 0.05) is 30.0 Å². The summed E-state index contributed by atoms with van der Waals surface area (Å²) in [5, 5.41) is 4.07. The highest BCUT2D eigenvalue weighted by Gasteiger charge is 2.34. The molecular formula is C25H28N2O3S2. The molecule has 7 heteroatoms. The van der Waals surface area contributed by atoms with E-state index in [9.17, 15) is 9.59 Å². The topological polar surface area (TPSA) is 49.9 Å². The van der Waals surface area contributed by atoms with E-state index in [1.807, 2.05) is 34.5 Å². The Hall–Kier alpha value is -2.48. The fourth-order valence-electron chi connectivity index (χ4n) is 4.24. The van der Waals surface area contributed by atoms with Crippen molar-refractivity contribution in [2.24, 2.45) is 0 Å². The molecule has 0 radical (unpaired) electrons. The van der Waals surface area contributed by atoms with E-state index in [1.165, 1.54) is 16.0 Å². The first-order valence-electron chi connectivity index (χ1n) is 10.8. The lowest BCUT2D eigenvalue weighted by Crippen LogP contribution is -2.47. The first-order valence-corrected chi connectivity index (χ1v) is 12.5. The summed E-state index contributed by atoms with van der Waals surface area (Å²) in [7, 11) is 1.61. The molecule has 0 bridgehead atoms. The lowest BCUT2D eigenvalue weighted by atomic mass is 9.90. The molecule has 1 aliphatic heterocycles. The fraction of sp³-hybridized carbons (Fsp3) is 0.360. The monoisotopic (exact) mass is 468 g/mol. The predicted octanol–water partition coefficient (Wildman–Crippen LogP) is 4.31. The standard InChI is InChI=1S/C25H28N2O3S2/c1-18-6-3-4-8-20(18)25-21-10-15-32-22(21)9-11-27(25)24(29)17-26(12-13-30-2)23(28)16-19-7-5-14-31-19/h3-8,10,14-15,25H,9,11-13,16-17H2,1-2H3. The Morgan fingerprint density at radius 3 is 2.69 bits per heavy atom. The summed E-state index contributed by atoms with van der Waals surface area (Å²) in [6.07, 6.45) is 1.16. The van der Waals surface area contributed by atoms with E-state index in [0.717, 1.165) is 16.9 Å². The first-order chi connectivity index (χ1) is 15.6. The number of nitrogens with zero attached hydrogens (tertiary/aromatic N) is 2. The van der Waals surface area contributed by atoms with Gasteiger partial charge in [-0.3, -0.25) is 9.59 Å². The van der Waals surface area contributed by atoms with E-state index in [-0.39, 0.29) is 24.4 Å². The molecule has 0 saturated heterocycles. The Balaban J connectivity index is 1.58. The highest BCUT2D eigenvalue weighted by atomic mass is 32.1. The molecule has 1 unspecified atom stereocenters. The molecule has 2 aromatic heterocycles. The minimum Gasteiger partial charge on any atom is -0.383 e. The summed E-state index contributed by atoms with van der Waals surface area (Å²) in [5.74, 6) is -0.0655. The molecule has 0 aliphatic carbocycles. The van der Waals surface area contributed by atoms with Crippen molar-refractivity contribution in [1.82, 2.24) is 9.80 Å². The molecule has 1 atom stereocenters. The second-order valence-electron chi connectivity index (χ2n) is 7.96. The van der Waals surface area contributed by atoms with Crippen LogP contribution >= 0.6 is 22.7 Å². The zero-order valence-corrected chi connectivity index (χ0v) is 20.1. The van der Waals surface area contributed by atoms with Gasteiger partial charge >= 0.3 is 0 Å². The van der Waals surface area contributed by atoms with Gasteiger partial charge < -0.3 is 14.5 Å². The molecular weight excluding hydrogens is 440 g/mol. The van der Waals surface area contributed by atoms with Crippen LogP contribution in [0.4, 0.5) is 0 Å². The third-order valence-corrected chi connectivity index (χ3v) is 7.79. The summed E-state index contributed by atoms with van der Waals surface area (Å²) in [4.78, 5) is 32.5. The Labute approximate surface area is 197 Å². The Kier molecular flexibility index (Phi) is 7.40. The van der Waals surface area contributed by atoms with Crippen molar-refractivity contribution < 1.29 is 14.3 Å². The van der Waals surface area contributed by atoms with Gasteiger partial charge in [0.1, 0.15) is 0 Å². The number of rotatable bonds is 8. The van der Waals surface area contributed by atoms with Crippen LogP contribution in [0.3, 0.4) is 0 Å². The molecule has 5 nitrogen and oxygen atoms in total. The minimum absolute atomic E-state index is 0.0225. The largest absolute Gasteiger partial charge is 0.383 e. The lowest BCUT2D eigenvalue weighted by Gasteiger charge is -2.38. The molecule has 1 aromatic carbocycles. The van der Waals surface area contributed by atoms with Crippen molar-refractivity contribution in [3.05, 3.63) is 79.7 Å². The van der Waals surface area contributed by atoms with Crippen LogP contribution in [0.2, 0.25) is 0 Å². The average Bonchev–Trinajstić information content (AvgIpc) is 3.48. The smallest absolute Gasteiger partial charge is 0.242 e. The minimum atomic E-state index is -0.115. The summed E-state index contributed by atoms with van der Waals surface area (Å²) < 4.78 is 5.21. The number of benzene rings is 1. The number of fused-ring (bicyclic) bond motifs is 1. The van der Waals surface area contributed by atoms with Crippen molar-refractivity contribution >= 4 is 34.5 Å². The van der Waals surface area contributed by atoms with E-state index in [1.54, 1.807) is 34.7 Å². The molecule has 3 heterocycles. The van der Waals surface area contributed by atoms with Crippen LogP contribution in [0.25, 0.3) is 0 Å². The Morgan fingerprint density at radius 1 is 1.09 bits per heavy atom. The van der Waals surface area contributed by atoms with Gasteiger partial charge in [-0.15, -0.1) is 22.7 Å². The Morgan fingerprint density at radius 2 is 1.94 bits per heavy atom. The maximum atomic E-state index is 13.6. The van der Waals surface area contributed by atoms with Gasteiger partial charge in [0.25, 0.3) is 0 Å². The molecule has 0 N–H and O–H groups in total. The second kappa shape index (κ2) is 10.4. The van der Waals surface area contributed by atoms with Crippen LogP contribution in [-0.2, 0) is 27.2 Å². The van der Waals surface area contributed by atoms with Crippen LogP contribution in [0.15, 0.2) is 53.2 Å². The van der Waals surface area contributed by atoms with Crippen LogP contribution in [0.5, 0.6) is 0 Å². The summed E-state index contributed by atoms with van der Waals surface area (Å²) >= 11 is 3.32. The number of thiophene rings is 2. The van der Waals surface area contributed by atoms with Crippen LogP contribution in [0.1, 0.15) is 32.5 Å². The summed E-state index contributed by atoms with van der Waals surface area (Å²) in [6, 6.07) is 14.2. The molecule has 32 heavy (non-hydrogen) atoms. The van der Waals surface area contributed by atoms with Crippen molar-refractivity contribution in [3.8, 4) is 0 Å². The van der Waals surface area contributed by atoms with Gasteiger partial charge in [0.05, 0.1) is 25.6 Å². The lowest BCUT2D eigenvalue weighted by molar-refractivity contribution is -0.141. The molecule has 0 spiro atoms. The first kappa shape index (κ1) is 22.7. The quantitative estimate of drug-likeness (QED) is 0.495.